The molecular formula is C26H25N3O3S. The number of aromatic nitrogens is 2. The number of carbonyl (C=O) groups is 1. The number of aryl methyl sites for hydroxylation is 1. The van der Waals surface area contributed by atoms with E-state index in [0.29, 0.717) is 19.8 Å². The molecule has 2 aliphatic rings. The number of fused-ring (bicyclic) bond motifs is 3. The number of carbonyl (C=O) groups excluding carboxylic acids is 1. The Morgan fingerprint density at radius 1 is 1.09 bits per heavy atom. The van der Waals surface area contributed by atoms with Crippen LogP contribution in [0.2, 0.25) is 0 Å². The Hall–Kier alpha value is -3.32. The number of nitrogens with zero attached hydrogens (tertiary/aromatic N) is 3. The Morgan fingerprint density at radius 3 is 2.64 bits per heavy atom. The fraction of sp³-hybridized carbons (Fsp3) is 0.308. The Balaban J connectivity index is 1.34. The van der Waals surface area contributed by atoms with Gasteiger partial charge in [0.1, 0.15) is 4.83 Å². The van der Waals surface area contributed by atoms with E-state index >= 15 is 0 Å². The number of benzene rings is 2. The maximum absolute atomic E-state index is 13.6. The molecule has 2 aromatic carbocycles. The molecule has 0 radical (unpaired) electrons. The maximum atomic E-state index is 13.6. The van der Waals surface area contributed by atoms with Gasteiger partial charge in [0.05, 0.1) is 35.5 Å². The van der Waals surface area contributed by atoms with Gasteiger partial charge in [-0.15, -0.1) is 11.3 Å². The molecule has 0 saturated carbocycles. The van der Waals surface area contributed by atoms with Crippen LogP contribution >= 0.6 is 11.3 Å². The van der Waals surface area contributed by atoms with Gasteiger partial charge in [-0.05, 0) is 61.7 Å². The summed E-state index contributed by atoms with van der Waals surface area (Å²) < 4.78 is 13.7. The lowest BCUT2D eigenvalue weighted by atomic mass is 9.92. The van der Waals surface area contributed by atoms with E-state index in [1.807, 2.05) is 52.9 Å². The molecule has 0 N–H and O–H groups in total. The molecule has 168 valence electrons. The molecule has 6 rings (SSSR count). The van der Waals surface area contributed by atoms with Crippen LogP contribution in [0.4, 0.5) is 0 Å². The summed E-state index contributed by atoms with van der Waals surface area (Å²) in [5.74, 6) is 1.68. The van der Waals surface area contributed by atoms with Crippen molar-refractivity contribution in [2.45, 2.75) is 32.7 Å². The zero-order valence-electron chi connectivity index (χ0n) is 18.7. The minimum atomic E-state index is -0.0321. The molecule has 2 aliphatic heterocycles. The molecule has 7 heteroatoms. The summed E-state index contributed by atoms with van der Waals surface area (Å²) in [6.07, 6.45) is 1.69. The number of hydrogen-bond acceptors (Lipinski definition) is 5. The Kier molecular flexibility index (Phi) is 4.87. The highest BCUT2D eigenvalue weighted by molar-refractivity contribution is 7.20. The summed E-state index contributed by atoms with van der Waals surface area (Å²) in [7, 11) is 0. The number of hydrogen-bond donors (Lipinski definition) is 0. The van der Waals surface area contributed by atoms with Crippen LogP contribution < -0.4 is 9.47 Å². The lowest BCUT2D eigenvalue weighted by Crippen LogP contribution is -2.38. The normalized spacial score (nSPS) is 17.6. The highest BCUT2D eigenvalue weighted by Gasteiger charge is 2.31. The first kappa shape index (κ1) is 20.3. The lowest BCUT2D eigenvalue weighted by Gasteiger charge is -2.35. The van der Waals surface area contributed by atoms with Crippen molar-refractivity contribution in [3.63, 3.8) is 0 Å². The third kappa shape index (κ3) is 3.38. The number of ether oxygens (including phenoxy) is 2. The highest BCUT2D eigenvalue weighted by Crippen LogP contribution is 2.40. The van der Waals surface area contributed by atoms with Gasteiger partial charge >= 0.3 is 0 Å². The second-order valence-corrected chi connectivity index (χ2v) is 9.67. The molecule has 0 bridgehead atoms. The summed E-state index contributed by atoms with van der Waals surface area (Å²) >= 11 is 1.51. The zero-order chi connectivity index (χ0) is 22.5. The summed E-state index contributed by atoms with van der Waals surface area (Å²) in [4.78, 5) is 17.4. The molecule has 33 heavy (non-hydrogen) atoms. The van der Waals surface area contributed by atoms with Crippen LogP contribution in [0, 0.1) is 6.92 Å². The van der Waals surface area contributed by atoms with E-state index in [2.05, 4.69) is 19.1 Å². The van der Waals surface area contributed by atoms with E-state index in [1.54, 1.807) is 0 Å². The van der Waals surface area contributed by atoms with Crippen LogP contribution in [0.5, 0.6) is 11.5 Å². The molecule has 0 fully saturated rings. The van der Waals surface area contributed by atoms with E-state index in [9.17, 15) is 4.79 Å². The van der Waals surface area contributed by atoms with Gasteiger partial charge in [-0.25, -0.2) is 4.68 Å². The molecule has 0 spiro atoms. The number of para-hydroxylation sites is 1. The monoisotopic (exact) mass is 459 g/mol. The molecule has 2 aromatic heterocycles. The third-order valence-electron chi connectivity index (χ3n) is 6.57. The van der Waals surface area contributed by atoms with Crippen molar-refractivity contribution < 1.29 is 14.3 Å². The van der Waals surface area contributed by atoms with Crippen LogP contribution in [0.1, 0.15) is 45.9 Å². The van der Waals surface area contributed by atoms with Gasteiger partial charge in [-0.3, -0.25) is 4.79 Å². The molecule has 1 amide bonds. The molecule has 0 aliphatic carbocycles. The second kappa shape index (κ2) is 7.92. The third-order valence-corrected chi connectivity index (χ3v) is 7.66. The average Bonchev–Trinajstić information content (AvgIpc) is 3.31. The van der Waals surface area contributed by atoms with Crippen LogP contribution in [0.15, 0.2) is 48.5 Å². The zero-order valence-corrected chi connectivity index (χ0v) is 19.5. The molecule has 0 saturated heterocycles. The lowest BCUT2D eigenvalue weighted by molar-refractivity contribution is 0.0682. The number of rotatable bonds is 2. The number of amides is 1. The van der Waals surface area contributed by atoms with Crippen molar-refractivity contribution in [3.05, 3.63) is 70.2 Å². The fourth-order valence-electron chi connectivity index (χ4n) is 4.79. The van der Waals surface area contributed by atoms with Crippen LogP contribution in [-0.2, 0) is 6.42 Å². The quantitative estimate of drug-likeness (QED) is 0.407. The van der Waals surface area contributed by atoms with Crippen LogP contribution in [-0.4, -0.2) is 40.3 Å². The van der Waals surface area contributed by atoms with Crippen molar-refractivity contribution >= 4 is 27.5 Å². The van der Waals surface area contributed by atoms with Gasteiger partial charge in [-0.1, -0.05) is 18.2 Å². The van der Waals surface area contributed by atoms with E-state index in [4.69, 9.17) is 14.6 Å². The molecular weight excluding hydrogens is 434 g/mol. The van der Waals surface area contributed by atoms with E-state index in [0.717, 1.165) is 56.4 Å². The fourth-order valence-corrected chi connectivity index (χ4v) is 5.93. The van der Waals surface area contributed by atoms with Crippen molar-refractivity contribution in [1.82, 2.24) is 14.7 Å². The van der Waals surface area contributed by atoms with Crippen molar-refractivity contribution in [1.29, 1.82) is 0 Å². The predicted molar refractivity (Wildman–Crippen MR) is 129 cm³/mol. The van der Waals surface area contributed by atoms with Crippen LogP contribution in [0.25, 0.3) is 15.9 Å². The Morgan fingerprint density at radius 2 is 1.85 bits per heavy atom. The first-order valence-corrected chi connectivity index (χ1v) is 12.2. The van der Waals surface area contributed by atoms with E-state index in [1.165, 1.54) is 16.9 Å². The minimum absolute atomic E-state index is 0.0321. The molecule has 0 unspecified atom stereocenters. The van der Waals surface area contributed by atoms with E-state index in [-0.39, 0.29) is 11.9 Å². The van der Waals surface area contributed by atoms with Gasteiger partial charge in [0.25, 0.3) is 5.91 Å². The van der Waals surface area contributed by atoms with Crippen molar-refractivity contribution in [3.8, 4) is 17.2 Å². The van der Waals surface area contributed by atoms with Gasteiger partial charge in [0.15, 0.2) is 11.5 Å². The summed E-state index contributed by atoms with van der Waals surface area (Å²) in [5, 5.41) is 5.74. The Labute approximate surface area is 196 Å². The maximum Gasteiger partial charge on any atom is 0.264 e. The molecule has 1 atom stereocenters. The van der Waals surface area contributed by atoms with E-state index < -0.39 is 0 Å². The van der Waals surface area contributed by atoms with Crippen LogP contribution in [0.3, 0.4) is 0 Å². The molecule has 6 nitrogen and oxygen atoms in total. The smallest absolute Gasteiger partial charge is 0.264 e. The number of thiophene rings is 1. The standard InChI is InChI=1S/C26H25N3O3S/c1-16-20-15-24(33-26(20)29(27-16)19-7-4-3-5-8-19)25(30)28-10-9-18-13-22-23(14-21(18)17(28)2)32-12-6-11-31-22/h3-5,7-8,13-15,17H,6,9-12H2,1-2H3/t17-/m0/s1. The summed E-state index contributed by atoms with van der Waals surface area (Å²) in [6.45, 7) is 6.12. The largest absolute Gasteiger partial charge is 0.490 e. The highest BCUT2D eigenvalue weighted by atomic mass is 32.1. The first-order chi connectivity index (χ1) is 16.1. The van der Waals surface area contributed by atoms with Gasteiger partial charge in [0, 0.05) is 18.4 Å². The van der Waals surface area contributed by atoms with Crippen molar-refractivity contribution in [2.75, 3.05) is 19.8 Å². The topological polar surface area (TPSA) is 56.6 Å². The SMILES string of the molecule is Cc1nn(-c2ccccc2)c2sc(C(=O)N3CCc4cc5c(cc4[C@@H]3C)OCCCO5)cc12. The second-order valence-electron chi connectivity index (χ2n) is 8.63. The minimum Gasteiger partial charge on any atom is -0.490 e. The molecule has 4 heterocycles. The predicted octanol–water partition coefficient (Wildman–Crippen LogP) is 5.32. The first-order valence-electron chi connectivity index (χ1n) is 11.4. The summed E-state index contributed by atoms with van der Waals surface area (Å²) in [5.41, 5.74) is 4.31. The van der Waals surface area contributed by atoms with Gasteiger partial charge in [-0.2, -0.15) is 5.10 Å². The van der Waals surface area contributed by atoms with Crippen molar-refractivity contribution in [2.24, 2.45) is 0 Å². The molecule has 4 aromatic rings. The Bertz CT molecular complexity index is 1360. The average molecular weight is 460 g/mol. The van der Waals surface area contributed by atoms with Gasteiger partial charge < -0.3 is 14.4 Å². The van der Waals surface area contributed by atoms with Gasteiger partial charge in [0.2, 0.25) is 0 Å². The summed E-state index contributed by atoms with van der Waals surface area (Å²) in [6, 6.07) is 16.2.